The smallest absolute Gasteiger partial charge is 0.256 e. The van der Waals surface area contributed by atoms with Gasteiger partial charge in [0, 0.05) is 79.8 Å². The molecule has 0 N–H and O–H groups in total. The van der Waals surface area contributed by atoms with Crippen LogP contribution < -0.4 is 73.5 Å². The molecule has 6 aliphatic heterocycles. The lowest BCUT2D eigenvalue weighted by atomic mass is 9.28. The van der Waals surface area contributed by atoms with Crippen molar-refractivity contribution in [3.05, 3.63) is 346 Å². The lowest BCUT2D eigenvalue weighted by molar-refractivity contribution is 0.488. The van der Waals surface area contributed by atoms with Crippen LogP contribution in [0, 0.1) is 0 Å². The Balaban J connectivity index is 0.881. The van der Waals surface area contributed by atoms with Gasteiger partial charge in [0.2, 0.25) is 0 Å². The molecule has 0 amide bonds. The largest absolute Gasteiger partial charge is 0.458 e. The molecule has 0 aliphatic carbocycles. The molecule has 0 fully saturated rings. The molecule has 452 valence electrons. The van der Waals surface area contributed by atoms with Crippen molar-refractivity contribution < 1.29 is 4.74 Å². The zero-order valence-electron chi connectivity index (χ0n) is 53.3. The van der Waals surface area contributed by atoms with E-state index in [0.717, 1.165) is 124 Å². The fourth-order valence-corrected chi connectivity index (χ4v) is 17.4. The van der Waals surface area contributed by atoms with Crippen LogP contribution in [0.25, 0.3) is 55.6 Å². The summed E-state index contributed by atoms with van der Waals surface area (Å²) < 4.78 is 7.93. The second kappa shape index (κ2) is 21.5. The number of hydrogen-bond acceptors (Lipinski definition) is 5. The van der Waals surface area contributed by atoms with Crippen LogP contribution >= 0.6 is 0 Å². The van der Waals surface area contributed by atoms with E-state index < -0.39 is 0 Å². The van der Waals surface area contributed by atoms with Crippen molar-refractivity contribution in [2.45, 2.75) is 0 Å². The van der Waals surface area contributed by atoms with Gasteiger partial charge in [-0.25, -0.2) is 0 Å². The Hall–Kier alpha value is -12.5. The predicted octanol–water partition coefficient (Wildman–Crippen LogP) is 17.1. The molecule has 0 unspecified atom stereocenters. The van der Waals surface area contributed by atoms with Crippen molar-refractivity contribution in [3.8, 4) is 67.1 Å². The van der Waals surface area contributed by atoms with Crippen LogP contribution in [0.5, 0.6) is 11.5 Å². The molecule has 6 heterocycles. The first-order valence-electron chi connectivity index (χ1n) is 34.1. The van der Waals surface area contributed by atoms with Crippen LogP contribution in [-0.4, -0.2) is 20.1 Å². The molecule has 98 heavy (non-hydrogen) atoms. The first-order valence-corrected chi connectivity index (χ1v) is 34.1. The van der Waals surface area contributed by atoms with Gasteiger partial charge in [0.1, 0.15) is 11.5 Å². The van der Waals surface area contributed by atoms with Crippen LogP contribution in [0.2, 0.25) is 0 Å². The van der Waals surface area contributed by atoms with E-state index in [9.17, 15) is 0 Å². The van der Waals surface area contributed by atoms with Gasteiger partial charge in [0.15, 0.2) is 0 Å². The standard InChI is InChI=1S/C90H57B3N4O/c1-7-28-58(29-8-1)63-50-64(59-30-9-2-10-31-59)52-67(51-63)95-77-47-24-20-43-71(77)93-75-55-74-80(57-84(75)98-85-54-65(53-81(95)86(85)93)60-32-11-3-12-33-60)97(89-68(61-34-13-4-14-35-61)40-27-41-69(89)62-36-15-5-16-37-62)83-56-82-87-90-88(83)92(74)73-45-22-26-49-79(73)96(90)78-48-25-21-44-72(78)91(87)70-42-19-23-46-76(70)94(82)66-38-17-6-18-39-66/h1-57H. The van der Waals surface area contributed by atoms with E-state index in [0.29, 0.717) is 0 Å². The molecule has 8 heteroatoms. The monoisotopic (exact) mass is 1240 g/mol. The number of benzene rings is 15. The molecule has 0 atom stereocenters. The molecule has 21 rings (SSSR count). The highest BCUT2D eigenvalue weighted by atomic mass is 16.5. The van der Waals surface area contributed by atoms with Crippen molar-refractivity contribution in [2.75, 3.05) is 19.6 Å². The van der Waals surface area contributed by atoms with Gasteiger partial charge in [-0.3, -0.25) is 0 Å². The molecule has 15 aromatic rings. The molecule has 0 saturated carbocycles. The molecule has 5 nitrogen and oxygen atoms in total. The van der Waals surface area contributed by atoms with E-state index in [4.69, 9.17) is 4.74 Å². The Kier molecular flexibility index (Phi) is 12.0. The van der Waals surface area contributed by atoms with Gasteiger partial charge in [-0.1, -0.05) is 267 Å². The highest BCUT2D eigenvalue weighted by Gasteiger charge is 2.53. The van der Waals surface area contributed by atoms with Crippen LogP contribution in [0.4, 0.5) is 68.2 Å². The Morgan fingerprint density at radius 3 is 1.07 bits per heavy atom. The molecule has 0 saturated heterocycles. The minimum absolute atomic E-state index is 0.0577. The van der Waals surface area contributed by atoms with Gasteiger partial charge in [-0.2, -0.15) is 0 Å². The molecule has 0 spiro atoms. The van der Waals surface area contributed by atoms with E-state index in [1.54, 1.807) is 0 Å². The Morgan fingerprint density at radius 2 is 0.571 bits per heavy atom. The van der Waals surface area contributed by atoms with Crippen molar-refractivity contribution >= 4 is 138 Å². The third-order valence-corrected chi connectivity index (χ3v) is 21.4. The lowest BCUT2D eigenvalue weighted by Gasteiger charge is -2.51. The fourth-order valence-electron chi connectivity index (χ4n) is 17.4. The van der Waals surface area contributed by atoms with Crippen LogP contribution in [-0.2, 0) is 0 Å². The fraction of sp³-hybridized carbons (Fsp3) is 0. The highest BCUT2D eigenvalue weighted by molar-refractivity contribution is 7.05. The predicted molar refractivity (Wildman–Crippen MR) is 413 cm³/mol. The van der Waals surface area contributed by atoms with E-state index in [-0.39, 0.29) is 20.1 Å². The summed E-state index contributed by atoms with van der Waals surface area (Å²) in [5.41, 5.74) is 36.2. The summed E-state index contributed by atoms with van der Waals surface area (Å²) in [4.78, 5) is 10.4. The second-order valence-electron chi connectivity index (χ2n) is 26.6. The zero-order chi connectivity index (χ0) is 64.1. The van der Waals surface area contributed by atoms with Gasteiger partial charge >= 0.3 is 0 Å². The molecular weight excluding hydrogens is 1190 g/mol. The van der Waals surface area contributed by atoms with E-state index in [2.05, 4.69) is 365 Å². The van der Waals surface area contributed by atoms with Gasteiger partial charge in [0.25, 0.3) is 20.1 Å². The van der Waals surface area contributed by atoms with Crippen LogP contribution in [0.3, 0.4) is 0 Å². The van der Waals surface area contributed by atoms with Crippen molar-refractivity contribution in [1.82, 2.24) is 0 Å². The second-order valence-corrected chi connectivity index (χ2v) is 26.6. The number of nitrogens with zero attached hydrogens (tertiary/aromatic N) is 4. The average Bonchev–Trinajstić information content (AvgIpc) is 0.659. The molecule has 0 bridgehead atoms. The number of para-hydroxylation sites is 6. The minimum atomic E-state index is -0.215. The topological polar surface area (TPSA) is 22.2 Å². The molecular formula is C90H57B3N4O. The van der Waals surface area contributed by atoms with Gasteiger partial charge in [-0.05, 0) is 166 Å². The number of anilines is 12. The maximum Gasteiger partial charge on any atom is 0.256 e. The Labute approximate surface area is 571 Å². The zero-order valence-corrected chi connectivity index (χ0v) is 53.3. The molecule has 0 radical (unpaired) electrons. The summed E-state index contributed by atoms with van der Waals surface area (Å²) in [7, 11) is 0. The Morgan fingerprint density at radius 1 is 0.194 bits per heavy atom. The first-order chi connectivity index (χ1) is 48.7. The van der Waals surface area contributed by atoms with Crippen molar-refractivity contribution in [3.63, 3.8) is 0 Å². The van der Waals surface area contributed by atoms with Crippen LogP contribution in [0.15, 0.2) is 346 Å². The maximum atomic E-state index is 7.93. The summed E-state index contributed by atoms with van der Waals surface area (Å²) in [5.74, 6) is 1.68. The Bertz CT molecular complexity index is 5650. The lowest BCUT2D eigenvalue weighted by Crippen LogP contribution is -2.69. The number of hydrogen-bond donors (Lipinski definition) is 0. The van der Waals surface area contributed by atoms with Gasteiger partial charge in [-0.15, -0.1) is 0 Å². The minimum Gasteiger partial charge on any atom is -0.458 e. The van der Waals surface area contributed by atoms with E-state index >= 15 is 0 Å². The molecule has 15 aromatic carbocycles. The van der Waals surface area contributed by atoms with E-state index in [1.165, 1.54) is 61.0 Å². The van der Waals surface area contributed by atoms with Crippen LogP contribution in [0.1, 0.15) is 0 Å². The number of ether oxygens (including phenoxy) is 1. The average molecular weight is 1240 g/mol. The molecule has 6 aliphatic rings. The SMILES string of the molecule is c1ccc(-c2cc(-c3ccccc3)cc(N3c4ccccc4B4c5cc6c(cc5Oc5cc(-c7ccccc7)cc3c54)N(c3c(-c4ccccc4)cccc3-c3ccccc3)c3cc4c5c7c3B6c3ccccc3N7c3ccccc3B5c3ccccc3N4c3ccccc3)c2)cc1. The van der Waals surface area contributed by atoms with Gasteiger partial charge in [0.05, 0.1) is 5.69 Å². The van der Waals surface area contributed by atoms with Crippen molar-refractivity contribution in [2.24, 2.45) is 0 Å². The number of rotatable bonds is 8. The normalized spacial score (nSPS) is 13.4. The number of fused-ring (bicyclic) bond motifs is 14. The highest BCUT2D eigenvalue weighted by Crippen LogP contribution is 2.55. The van der Waals surface area contributed by atoms with Crippen molar-refractivity contribution in [1.29, 1.82) is 0 Å². The quantitative estimate of drug-likeness (QED) is 0.141. The first kappa shape index (κ1) is 54.8. The maximum absolute atomic E-state index is 7.93. The summed E-state index contributed by atoms with van der Waals surface area (Å²) in [6.45, 7) is -0.481. The van der Waals surface area contributed by atoms with Gasteiger partial charge < -0.3 is 24.3 Å². The summed E-state index contributed by atoms with van der Waals surface area (Å²) in [6, 6.07) is 129. The van der Waals surface area contributed by atoms with E-state index in [1.807, 2.05) is 0 Å². The third-order valence-electron chi connectivity index (χ3n) is 21.4. The third kappa shape index (κ3) is 8.06. The molecule has 0 aromatic heterocycles. The summed E-state index contributed by atoms with van der Waals surface area (Å²) in [6.07, 6.45) is 0. The summed E-state index contributed by atoms with van der Waals surface area (Å²) in [5, 5.41) is 0. The summed E-state index contributed by atoms with van der Waals surface area (Å²) >= 11 is 0.